The number of aryl methyl sites for hydroxylation is 2. The Balaban J connectivity index is 1.71. The Morgan fingerprint density at radius 2 is 1.69 bits per heavy atom. The van der Waals surface area contributed by atoms with E-state index in [4.69, 9.17) is 14.4 Å². The van der Waals surface area contributed by atoms with Gasteiger partial charge in [-0.3, -0.25) is 4.40 Å². The van der Waals surface area contributed by atoms with Gasteiger partial charge in [-0.05, 0) is 38.1 Å². The summed E-state index contributed by atoms with van der Waals surface area (Å²) in [4.78, 5) is 14.2. The van der Waals surface area contributed by atoms with Gasteiger partial charge in [0.05, 0.1) is 28.0 Å². The van der Waals surface area contributed by atoms with Crippen LogP contribution in [0.15, 0.2) is 58.1 Å². The Bertz CT molecular complexity index is 1250. The molecule has 0 unspecified atom stereocenters. The lowest BCUT2D eigenvalue weighted by Gasteiger charge is -2.07. The molecule has 0 aliphatic rings. The van der Waals surface area contributed by atoms with Gasteiger partial charge in [-0.2, -0.15) is 0 Å². The molecule has 0 bridgehead atoms. The molecule has 0 saturated heterocycles. The van der Waals surface area contributed by atoms with Gasteiger partial charge in [-0.15, -0.1) is 0 Å². The smallest absolute Gasteiger partial charge is 0.205 e. The second-order valence-corrected chi connectivity index (χ2v) is 7.15. The number of oxazole rings is 1. The lowest BCUT2D eigenvalue weighted by atomic mass is 10.2. The van der Waals surface area contributed by atoms with Gasteiger partial charge in [0.2, 0.25) is 5.89 Å². The predicted molar refractivity (Wildman–Crippen MR) is 104 cm³/mol. The van der Waals surface area contributed by atoms with E-state index >= 15 is 0 Å². The molecule has 0 spiro atoms. The van der Waals surface area contributed by atoms with Crippen molar-refractivity contribution in [3.05, 3.63) is 65.9 Å². The van der Waals surface area contributed by atoms with Gasteiger partial charge in [0.15, 0.2) is 5.16 Å². The van der Waals surface area contributed by atoms with Crippen LogP contribution in [-0.2, 0) is 5.75 Å². The topological polar surface area (TPSA) is 56.2 Å². The maximum absolute atomic E-state index is 5.72. The number of imidazole rings is 1. The molecular formula is C20H16N4OS. The van der Waals surface area contributed by atoms with E-state index in [1.807, 2.05) is 50.2 Å². The lowest BCUT2D eigenvalue weighted by molar-refractivity contribution is 0.489. The van der Waals surface area contributed by atoms with Crippen LogP contribution in [0.1, 0.15) is 17.3 Å². The third-order valence-corrected chi connectivity index (χ3v) is 5.43. The van der Waals surface area contributed by atoms with Crippen molar-refractivity contribution in [3.63, 3.8) is 0 Å². The number of thioether (sulfide) groups is 1. The molecule has 0 N–H and O–H groups in total. The quantitative estimate of drug-likeness (QED) is 0.337. The molecule has 0 atom stereocenters. The molecule has 0 amide bonds. The molecule has 0 aliphatic heterocycles. The molecule has 0 fully saturated rings. The van der Waals surface area contributed by atoms with Crippen molar-refractivity contribution in [2.24, 2.45) is 0 Å². The largest absolute Gasteiger partial charge is 0.445 e. The molecular weight excluding hydrogens is 344 g/mol. The van der Waals surface area contributed by atoms with Crippen LogP contribution in [0.5, 0.6) is 0 Å². The molecule has 2 aromatic carbocycles. The SMILES string of the molecule is Cc1nc(CSc2nc3ccccc3c3nc4ccccc4n23)oc1C. The summed E-state index contributed by atoms with van der Waals surface area (Å²) in [6.45, 7) is 3.90. The van der Waals surface area contributed by atoms with Crippen molar-refractivity contribution in [2.45, 2.75) is 24.8 Å². The molecule has 26 heavy (non-hydrogen) atoms. The van der Waals surface area contributed by atoms with E-state index in [-0.39, 0.29) is 0 Å². The van der Waals surface area contributed by atoms with E-state index in [1.165, 1.54) is 0 Å². The second kappa shape index (κ2) is 5.85. The van der Waals surface area contributed by atoms with Gasteiger partial charge in [-0.1, -0.05) is 36.0 Å². The van der Waals surface area contributed by atoms with E-state index in [9.17, 15) is 0 Å². The predicted octanol–water partition coefficient (Wildman–Crippen LogP) is 4.93. The summed E-state index contributed by atoms with van der Waals surface area (Å²) in [5.74, 6) is 2.21. The summed E-state index contributed by atoms with van der Waals surface area (Å²) in [7, 11) is 0. The molecule has 128 valence electrons. The Kier molecular flexibility index (Phi) is 3.46. The molecule has 0 radical (unpaired) electrons. The number of para-hydroxylation sites is 3. The molecule has 3 aromatic heterocycles. The number of rotatable bonds is 3. The van der Waals surface area contributed by atoms with E-state index in [0.717, 1.165) is 50.1 Å². The third kappa shape index (κ3) is 2.37. The molecule has 0 aliphatic carbocycles. The van der Waals surface area contributed by atoms with Gasteiger partial charge < -0.3 is 4.42 Å². The van der Waals surface area contributed by atoms with Crippen molar-refractivity contribution in [2.75, 3.05) is 0 Å². The van der Waals surface area contributed by atoms with Crippen molar-refractivity contribution < 1.29 is 4.42 Å². The fourth-order valence-corrected chi connectivity index (χ4v) is 3.99. The molecule has 5 rings (SSSR count). The Morgan fingerprint density at radius 1 is 0.923 bits per heavy atom. The molecule has 5 aromatic rings. The number of benzene rings is 2. The lowest BCUT2D eigenvalue weighted by Crippen LogP contribution is -1.97. The van der Waals surface area contributed by atoms with Crippen LogP contribution in [0, 0.1) is 13.8 Å². The number of hydrogen-bond donors (Lipinski definition) is 0. The minimum absolute atomic E-state index is 0.627. The summed E-state index contributed by atoms with van der Waals surface area (Å²) in [5.41, 5.74) is 4.83. The minimum atomic E-state index is 0.627. The van der Waals surface area contributed by atoms with Gasteiger partial charge >= 0.3 is 0 Å². The Labute approximate surface area is 154 Å². The zero-order valence-electron chi connectivity index (χ0n) is 14.4. The van der Waals surface area contributed by atoms with Crippen LogP contribution < -0.4 is 0 Å². The highest BCUT2D eigenvalue weighted by Crippen LogP contribution is 2.30. The standard InChI is InChI=1S/C20H16N4OS/c1-12-13(2)25-18(21-12)11-26-20-23-15-8-4-3-7-14(15)19-22-16-9-5-6-10-17(16)24(19)20/h3-10H,11H2,1-2H3. The second-order valence-electron chi connectivity index (χ2n) is 6.21. The molecule has 5 nitrogen and oxygen atoms in total. The van der Waals surface area contributed by atoms with Crippen molar-refractivity contribution >= 4 is 39.3 Å². The van der Waals surface area contributed by atoms with Crippen LogP contribution in [0.25, 0.3) is 27.6 Å². The normalized spacial score (nSPS) is 11.8. The first-order valence-corrected chi connectivity index (χ1v) is 9.41. The van der Waals surface area contributed by atoms with Gasteiger partial charge in [-0.25, -0.2) is 15.0 Å². The van der Waals surface area contributed by atoms with Crippen molar-refractivity contribution in [3.8, 4) is 0 Å². The average Bonchev–Trinajstić information content (AvgIpc) is 3.20. The van der Waals surface area contributed by atoms with Gasteiger partial charge in [0, 0.05) is 5.39 Å². The molecule has 0 saturated carbocycles. The average molecular weight is 360 g/mol. The fraction of sp³-hybridized carbons (Fsp3) is 0.150. The van der Waals surface area contributed by atoms with E-state index < -0.39 is 0 Å². The summed E-state index contributed by atoms with van der Waals surface area (Å²) in [5, 5.41) is 1.94. The summed E-state index contributed by atoms with van der Waals surface area (Å²) in [6.07, 6.45) is 0. The van der Waals surface area contributed by atoms with Crippen LogP contribution >= 0.6 is 11.8 Å². The zero-order chi connectivity index (χ0) is 17.7. The summed E-state index contributed by atoms with van der Waals surface area (Å²) >= 11 is 1.61. The monoisotopic (exact) mass is 360 g/mol. The zero-order valence-corrected chi connectivity index (χ0v) is 15.2. The Hall–Kier alpha value is -2.86. The van der Waals surface area contributed by atoms with Crippen LogP contribution in [0.4, 0.5) is 0 Å². The highest BCUT2D eigenvalue weighted by molar-refractivity contribution is 7.98. The highest BCUT2D eigenvalue weighted by Gasteiger charge is 2.15. The first-order chi connectivity index (χ1) is 12.7. The van der Waals surface area contributed by atoms with Crippen LogP contribution in [0.2, 0.25) is 0 Å². The maximum atomic E-state index is 5.72. The van der Waals surface area contributed by atoms with E-state index in [2.05, 4.69) is 21.5 Å². The first kappa shape index (κ1) is 15.4. The third-order valence-electron chi connectivity index (χ3n) is 4.51. The number of fused-ring (bicyclic) bond motifs is 5. The van der Waals surface area contributed by atoms with Gasteiger partial charge in [0.25, 0.3) is 0 Å². The van der Waals surface area contributed by atoms with E-state index in [1.54, 1.807) is 11.8 Å². The van der Waals surface area contributed by atoms with E-state index in [0.29, 0.717) is 5.75 Å². The van der Waals surface area contributed by atoms with Crippen LogP contribution in [-0.4, -0.2) is 19.4 Å². The molecule has 3 heterocycles. The van der Waals surface area contributed by atoms with Crippen molar-refractivity contribution in [1.29, 1.82) is 0 Å². The summed E-state index contributed by atoms with van der Waals surface area (Å²) in [6, 6.07) is 16.3. The van der Waals surface area contributed by atoms with Crippen molar-refractivity contribution in [1.82, 2.24) is 19.4 Å². The molecule has 6 heteroatoms. The number of nitrogens with zero attached hydrogens (tertiary/aromatic N) is 4. The van der Waals surface area contributed by atoms with Crippen LogP contribution in [0.3, 0.4) is 0 Å². The number of hydrogen-bond acceptors (Lipinski definition) is 5. The van der Waals surface area contributed by atoms with Gasteiger partial charge in [0.1, 0.15) is 11.4 Å². The number of aromatic nitrogens is 4. The minimum Gasteiger partial charge on any atom is -0.445 e. The highest BCUT2D eigenvalue weighted by atomic mass is 32.2. The summed E-state index contributed by atoms with van der Waals surface area (Å²) < 4.78 is 7.85. The maximum Gasteiger partial charge on any atom is 0.205 e. The first-order valence-electron chi connectivity index (χ1n) is 8.42. The Morgan fingerprint density at radius 3 is 2.50 bits per heavy atom. The fourth-order valence-electron chi connectivity index (χ4n) is 3.14.